The molecule has 0 bridgehead atoms. The molecule has 0 fully saturated rings. The lowest BCUT2D eigenvalue weighted by molar-refractivity contribution is -0.338. The van der Waals surface area contributed by atoms with Crippen LogP contribution in [0.3, 0.4) is 0 Å². The molecule has 2 aliphatic heterocycles. The summed E-state index contributed by atoms with van der Waals surface area (Å²) < 4.78 is 110. The molecule has 0 aliphatic carbocycles. The van der Waals surface area contributed by atoms with Crippen LogP contribution in [-0.2, 0) is 0 Å². The first-order chi connectivity index (χ1) is 18.5. The van der Waals surface area contributed by atoms with E-state index in [1.807, 2.05) is 6.08 Å². The quantitative estimate of drug-likeness (QED) is 0.462. The van der Waals surface area contributed by atoms with Crippen LogP contribution >= 0.6 is 0 Å². The highest BCUT2D eigenvalue weighted by Gasteiger charge is 2.74. The van der Waals surface area contributed by atoms with Crippen LogP contribution in [0.2, 0.25) is 0 Å². The summed E-state index contributed by atoms with van der Waals surface area (Å²) in [6, 6.07) is 6.60. The van der Waals surface area contributed by atoms with Gasteiger partial charge < -0.3 is 14.9 Å². The van der Waals surface area contributed by atoms with Gasteiger partial charge in [0.25, 0.3) is 5.60 Å². The predicted octanol–water partition coefficient (Wildman–Crippen LogP) is 5.90. The largest absolute Gasteiger partial charge is 0.431 e. The molecule has 14 heteroatoms. The number of anilines is 1. The van der Waals surface area contributed by atoms with Crippen LogP contribution in [0.25, 0.3) is 5.57 Å². The monoisotopic (exact) mass is 576 g/mol. The van der Waals surface area contributed by atoms with Crippen LogP contribution in [-0.4, -0.2) is 71.8 Å². The molecule has 0 aromatic heterocycles. The van der Waals surface area contributed by atoms with E-state index in [1.54, 1.807) is 31.1 Å². The van der Waals surface area contributed by atoms with Gasteiger partial charge in [0, 0.05) is 39.7 Å². The summed E-state index contributed by atoms with van der Waals surface area (Å²) in [5, 5.41) is 13.9. The first kappa shape index (κ1) is 29.3. The van der Waals surface area contributed by atoms with Crippen molar-refractivity contribution in [3.63, 3.8) is 0 Å². The number of aliphatic hydroxyl groups is 1. The Morgan fingerprint density at radius 3 is 2.12 bits per heavy atom. The van der Waals surface area contributed by atoms with Gasteiger partial charge in [0.05, 0.1) is 17.4 Å². The topological polar surface area (TPSA) is 59.4 Å². The fraction of sp³-hybridized carbons (Fsp3) is 0.385. The van der Waals surface area contributed by atoms with Gasteiger partial charge in [0.15, 0.2) is 5.82 Å². The van der Waals surface area contributed by atoms with Gasteiger partial charge in [-0.15, -0.1) is 0 Å². The molecule has 6 nitrogen and oxygen atoms in total. The minimum Gasteiger partial charge on any atom is -0.369 e. The number of hydrogen-bond acceptors (Lipinski definition) is 4. The summed E-state index contributed by atoms with van der Waals surface area (Å²) >= 11 is 0. The van der Waals surface area contributed by atoms with Gasteiger partial charge in [-0.25, -0.2) is 13.6 Å². The van der Waals surface area contributed by atoms with Gasteiger partial charge in [-0.05, 0) is 35.3 Å². The van der Waals surface area contributed by atoms with Crippen LogP contribution in [0, 0.1) is 11.6 Å². The number of hydrogen-bond donors (Lipinski definition) is 1. The molecule has 2 amide bonds. The van der Waals surface area contributed by atoms with Crippen LogP contribution in [0.5, 0.6) is 0 Å². The fourth-order valence-electron chi connectivity index (χ4n) is 4.67. The average Bonchev–Trinajstić information content (AvgIpc) is 3.32. The molecule has 216 valence electrons. The second kappa shape index (κ2) is 10.4. The zero-order valence-electron chi connectivity index (χ0n) is 21.2. The highest BCUT2D eigenvalue weighted by molar-refractivity contribution is 5.97. The smallest absolute Gasteiger partial charge is 0.369 e. The number of carbonyl (C=O) groups is 1. The summed E-state index contributed by atoms with van der Waals surface area (Å²) in [4.78, 5) is 15.2. The molecule has 0 saturated heterocycles. The van der Waals surface area contributed by atoms with Crippen molar-refractivity contribution < 1.29 is 45.0 Å². The van der Waals surface area contributed by atoms with Gasteiger partial charge in [-0.3, -0.25) is 5.01 Å². The Morgan fingerprint density at radius 1 is 1.00 bits per heavy atom. The number of halogens is 8. The Balaban J connectivity index is 1.69. The fourth-order valence-corrected chi connectivity index (χ4v) is 4.67. The third-order valence-corrected chi connectivity index (χ3v) is 6.83. The maximum absolute atomic E-state index is 14.6. The standard InChI is InChI=1S/C26H24F8N4O2/c1-36(2)23(39)37-11-9-16(10-12-37)15-3-5-17(6-4-15)21-14-22(24(40,25(29,30)31)26(32,33)34)35-38(21)20-8-7-18(27)13-19(20)28/h3-9,13,21,40H,10-12,14H2,1-2H3. The van der Waals surface area contributed by atoms with E-state index in [4.69, 9.17) is 0 Å². The maximum Gasteiger partial charge on any atom is 0.431 e. The Morgan fingerprint density at radius 2 is 1.62 bits per heavy atom. The van der Waals surface area contributed by atoms with Crippen molar-refractivity contribution in [3.05, 3.63) is 71.3 Å². The first-order valence-corrected chi connectivity index (χ1v) is 12.0. The summed E-state index contributed by atoms with van der Waals surface area (Å²) in [5.74, 6) is -2.28. The summed E-state index contributed by atoms with van der Waals surface area (Å²) in [5.41, 5.74) is -5.77. The van der Waals surface area contributed by atoms with E-state index in [2.05, 4.69) is 5.10 Å². The third kappa shape index (κ3) is 5.23. The second-order valence-electron chi connectivity index (χ2n) is 9.64. The highest BCUT2D eigenvalue weighted by Crippen LogP contribution is 2.49. The Hall–Kier alpha value is -3.68. The van der Waals surface area contributed by atoms with Crippen LogP contribution in [0.15, 0.2) is 53.6 Å². The zero-order chi connectivity index (χ0) is 29.6. The van der Waals surface area contributed by atoms with E-state index in [1.165, 1.54) is 17.0 Å². The van der Waals surface area contributed by atoms with Crippen molar-refractivity contribution in [3.8, 4) is 0 Å². The molecule has 4 rings (SSSR count). The van der Waals surface area contributed by atoms with Gasteiger partial charge in [-0.1, -0.05) is 30.3 Å². The molecule has 0 saturated carbocycles. The Bertz CT molecular complexity index is 1320. The van der Waals surface area contributed by atoms with E-state index in [-0.39, 0.29) is 11.6 Å². The molecule has 1 atom stereocenters. The van der Waals surface area contributed by atoms with E-state index in [9.17, 15) is 45.0 Å². The van der Waals surface area contributed by atoms with Crippen molar-refractivity contribution in [2.24, 2.45) is 5.10 Å². The lowest BCUT2D eigenvalue weighted by Gasteiger charge is -2.32. The molecular formula is C26H24F8N4O2. The molecule has 1 N–H and O–H groups in total. The lowest BCUT2D eigenvalue weighted by Crippen LogP contribution is -2.62. The number of urea groups is 1. The van der Waals surface area contributed by atoms with E-state index >= 15 is 0 Å². The van der Waals surface area contributed by atoms with Crippen molar-refractivity contribution in [2.45, 2.75) is 36.8 Å². The number of alkyl halides is 6. The minimum absolute atomic E-state index is 0.159. The molecule has 1 unspecified atom stereocenters. The van der Waals surface area contributed by atoms with Crippen LogP contribution < -0.4 is 5.01 Å². The minimum atomic E-state index is -6.18. The van der Waals surface area contributed by atoms with Crippen LogP contribution in [0.1, 0.15) is 30.0 Å². The van der Waals surface area contributed by atoms with Crippen molar-refractivity contribution in [2.75, 3.05) is 32.2 Å². The second-order valence-corrected chi connectivity index (χ2v) is 9.64. The Labute approximate surface area is 223 Å². The van der Waals surface area contributed by atoms with Crippen molar-refractivity contribution in [1.29, 1.82) is 0 Å². The molecular weight excluding hydrogens is 552 g/mol. The molecule has 2 aromatic carbocycles. The average molecular weight is 576 g/mol. The van der Waals surface area contributed by atoms with E-state index in [0.29, 0.717) is 36.1 Å². The highest BCUT2D eigenvalue weighted by atomic mass is 19.4. The zero-order valence-corrected chi connectivity index (χ0v) is 21.2. The SMILES string of the molecule is CN(C)C(=O)N1CC=C(c2ccc(C3CC(C(O)(C(F)(F)F)C(F)(F)F)=NN3c3ccc(F)cc3F)cc2)CC1. The number of amides is 2. The molecule has 2 aliphatic rings. The van der Waals surface area contributed by atoms with Crippen molar-refractivity contribution >= 4 is 23.0 Å². The number of hydrazone groups is 1. The van der Waals surface area contributed by atoms with Gasteiger partial charge in [0.2, 0.25) is 0 Å². The van der Waals surface area contributed by atoms with E-state index in [0.717, 1.165) is 17.7 Å². The summed E-state index contributed by atoms with van der Waals surface area (Å²) in [6.45, 7) is 0.786. The maximum atomic E-state index is 14.6. The number of benzene rings is 2. The Kier molecular flexibility index (Phi) is 7.60. The van der Waals surface area contributed by atoms with Crippen LogP contribution in [0.4, 0.5) is 45.6 Å². The van der Waals surface area contributed by atoms with Crippen molar-refractivity contribution in [1.82, 2.24) is 9.80 Å². The number of rotatable bonds is 4. The molecule has 2 heterocycles. The van der Waals surface area contributed by atoms with E-state index < -0.39 is 53.4 Å². The molecule has 40 heavy (non-hydrogen) atoms. The third-order valence-electron chi connectivity index (χ3n) is 6.83. The summed E-state index contributed by atoms with van der Waals surface area (Å²) in [6.07, 6.45) is -11.1. The molecule has 0 spiro atoms. The number of nitrogens with zero attached hydrogens (tertiary/aromatic N) is 4. The molecule has 0 radical (unpaired) electrons. The van der Waals surface area contributed by atoms with Gasteiger partial charge in [0.1, 0.15) is 5.82 Å². The number of carbonyl (C=O) groups excluding carboxylic acids is 1. The van der Waals surface area contributed by atoms with Gasteiger partial charge in [-0.2, -0.15) is 31.4 Å². The lowest BCUT2D eigenvalue weighted by atomic mass is 9.89. The summed E-state index contributed by atoms with van der Waals surface area (Å²) in [7, 11) is 3.26. The normalized spacial score (nSPS) is 18.5. The predicted molar refractivity (Wildman–Crippen MR) is 130 cm³/mol. The first-order valence-electron chi connectivity index (χ1n) is 12.0. The van der Waals surface area contributed by atoms with Gasteiger partial charge >= 0.3 is 18.4 Å². The molecule has 2 aromatic rings.